The second-order valence-corrected chi connectivity index (χ2v) is 7.09. The van der Waals surface area contributed by atoms with E-state index in [2.05, 4.69) is 24.8 Å². The number of nitrogens with one attached hydrogen (secondary N) is 1. The number of rotatable bonds is 6. The van der Waals surface area contributed by atoms with Crippen LogP contribution in [0.15, 0.2) is 48.9 Å². The third-order valence-electron chi connectivity index (χ3n) is 5.32. The Kier molecular flexibility index (Phi) is 5.53. The summed E-state index contributed by atoms with van der Waals surface area (Å²) in [4.78, 5) is 23.5. The van der Waals surface area contributed by atoms with Gasteiger partial charge < -0.3 is 14.6 Å². The molecule has 1 amide bonds. The van der Waals surface area contributed by atoms with Crippen LogP contribution in [0, 0.1) is 0 Å². The number of para-hydroxylation sites is 1. The van der Waals surface area contributed by atoms with Crippen LogP contribution in [0.25, 0.3) is 11.2 Å². The number of likely N-dealkylation sites (tertiary alicyclic amines) is 1. The molecule has 1 N–H and O–H groups in total. The number of imidazole rings is 1. The van der Waals surface area contributed by atoms with Crippen molar-refractivity contribution in [3.8, 4) is 5.75 Å². The van der Waals surface area contributed by atoms with E-state index in [0.29, 0.717) is 19.1 Å². The molecule has 1 aliphatic rings. The van der Waals surface area contributed by atoms with Gasteiger partial charge in [-0.05, 0) is 31.0 Å². The molecule has 0 spiro atoms. The number of fused-ring (bicyclic) bond motifs is 1. The van der Waals surface area contributed by atoms with Crippen molar-refractivity contribution in [2.75, 3.05) is 26.7 Å². The summed E-state index contributed by atoms with van der Waals surface area (Å²) >= 11 is 0. The molecule has 0 atom stereocenters. The quantitative estimate of drug-likeness (QED) is 0.712. The predicted molar refractivity (Wildman–Crippen MR) is 107 cm³/mol. The van der Waals surface area contributed by atoms with Crippen LogP contribution >= 0.6 is 0 Å². The van der Waals surface area contributed by atoms with Gasteiger partial charge in [-0.25, -0.2) is 9.97 Å². The van der Waals surface area contributed by atoms with Crippen LogP contribution in [-0.2, 0) is 11.3 Å². The van der Waals surface area contributed by atoms with E-state index in [1.807, 2.05) is 48.9 Å². The fourth-order valence-electron chi connectivity index (χ4n) is 3.79. The zero-order chi connectivity index (χ0) is 19.3. The van der Waals surface area contributed by atoms with Crippen molar-refractivity contribution in [2.45, 2.75) is 25.4 Å². The Labute approximate surface area is 164 Å². The number of hydrogen-bond acceptors (Lipinski definition) is 5. The first-order chi connectivity index (χ1) is 13.7. The SMILES string of the molecule is COc1ccccc1CNC(=O)CN1CCC(n2cnc3cccnc32)CC1. The Morgan fingerprint density at radius 2 is 2.00 bits per heavy atom. The first kappa shape index (κ1) is 18.4. The van der Waals surface area contributed by atoms with Crippen molar-refractivity contribution < 1.29 is 9.53 Å². The minimum Gasteiger partial charge on any atom is -0.496 e. The third kappa shape index (κ3) is 3.99. The third-order valence-corrected chi connectivity index (χ3v) is 5.32. The van der Waals surface area contributed by atoms with E-state index >= 15 is 0 Å². The van der Waals surface area contributed by atoms with E-state index < -0.39 is 0 Å². The summed E-state index contributed by atoms with van der Waals surface area (Å²) in [5.41, 5.74) is 2.85. The molecule has 146 valence electrons. The molecule has 0 unspecified atom stereocenters. The number of carbonyl (C=O) groups excluding carboxylic acids is 1. The molecule has 3 heterocycles. The van der Waals surface area contributed by atoms with E-state index in [4.69, 9.17) is 4.74 Å². The maximum atomic E-state index is 12.4. The first-order valence-electron chi connectivity index (χ1n) is 9.63. The lowest BCUT2D eigenvalue weighted by molar-refractivity contribution is -0.122. The molecule has 7 nitrogen and oxygen atoms in total. The van der Waals surface area contributed by atoms with E-state index in [-0.39, 0.29) is 5.91 Å². The lowest BCUT2D eigenvalue weighted by Gasteiger charge is -2.32. The normalized spacial score (nSPS) is 15.6. The second-order valence-electron chi connectivity index (χ2n) is 7.09. The van der Waals surface area contributed by atoms with Gasteiger partial charge in [-0.15, -0.1) is 0 Å². The topological polar surface area (TPSA) is 72.3 Å². The minimum absolute atomic E-state index is 0.0408. The minimum atomic E-state index is 0.0408. The maximum absolute atomic E-state index is 12.4. The molecule has 1 fully saturated rings. The Hall–Kier alpha value is -2.93. The van der Waals surface area contributed by atoms with Crippen LogP contribution in [0.2, 0.25) is 0 Å². The van der Waals surface area contributed by atoms with Crippen molar-refractivity contribution in [2.24, 2.45) is 0 Å². The van der Waals surface area contributed by atoms with Gasteiger partial charge in [-0.1, -0.05) is 18.2 Å². The van der Waals surface area contributed by atoms with Gasteiger partial charge in [0.1, 0.15) is 11.3 Å². The molecule has 1 saturated heterocycles. The highest BCUT2D eigenvalue weighted by Gasteiger charge is 2.23. The van der Waals surface area contributed by atoms with Gasteiger partial charge in [-0.3, -0.25) is 9.69 Å². The number of ether oxygens (including phenoxy) is 1. The van der Waals surface area contributed by atoms with Crippen LogP contribution in [0.4, 0.5) is 0 Å². The van der Waals surface area contributed by atoms with Crippen LogP contribution in [0.5, 0.6) is 5.75 Å². The summed E-state index contributed by atoms with van der Waals surface area (Å²) in [7, 11) is 1.64. The molecule has 0 saturated carbocycles. The number of benzene rings is 1. The van der Waals surface area contributed by atoms with E-state index in [9.17, 15) is 4.79 Å². The first-order valence-corrected chi connectivity index (χ1v) is 9.63. The largest absolute Gasteiger partial charge is 0.496 e. The molecular formula is C21H25N5O2. The predicted octanol–water partition coefficient (Wildman–Crippen LogP) is 2.39. The van der Waals surface area contributed by atoms with Crippen LogP contribution < -0.4 is 10.1 Å². The van der Waals surface area contributed by atoms with Crippen molar-refractivity contribution in [1.29, 1.82) is 0 Å². The lowest BCUT2D eigenvalue weighted by Crippen LogP contribution is -2.41. The van der Waals surface area contributed by atoms with Crippen molar-refractivity contribution in [1.82, 2.24) is 24.8 Å². The maximum Gasteiger partial charge on any atom is 0.234 e. The Bertz CT molecular complexity index is 947. The molecule has 4 rings (SSSR count). The van der Waals surface area contributed by atoms with Gasteiger partial charge in [-0.2, -0.15) is 0 Å². The number of aromatic nitrogens is 3. The second kappa shape index (κ2) is 8.39. The number of piperidine rings is 1. The highest BCUT2D eigenvalue weighted by molar-refractivity contribution is 5.78. The smallest absolute Gasteiger partial charge is 0.234 e. The highest BCUT2D eigenvalue weighted by atomic mass is 16.5. The number of amides is 1. The van der Waals surface area contributed by atoms with Gasteiger partial charge >= 0.3 is 0 Å². The van der Waals surface area contributed by atoms with Gasteiger partial charge in [0.2, 0.25) is 5.91 Å². The number of nitrogens with zero attached hydrogens (tertiary/aromatic N) is 4. The molecule has 1 aromatic carbocycles. The summed E-state index contributed by atoms with van der Waals surface area (Å²) in [5.74, 6) is 0.837. The standard InChI is InChI=1S/C21H25N5O2/c1-28-19-7-3-2-5-16(19)13-23-20(27)14-25-11-8-17(9-12-25)26-15-24-18-6-4-10-22-21(18)26/h2-7,10,15,17H,8-9,11-14H2,1H3,(H,23,27). The van der Waals surface area contributed by atoms with E-state index in [0.717, 1.165) is 48.4 Å². The summed E-state index contributed by atoms with van der Waals surface area (Å²) in [5, 5.41) is 3.00. The fourth-order valence-corrected chi connectivity index (χ4v) is 3.79. The Morgan fingerprint density at radius 1 is 1.18 bits per heavy atom. The average Bonchev–Trinajstić information content (AvgIpc) is 3.17. The summed E-state index contributed by atoms with van der Waals surface area (Å²) in [6.07, 6.45) is 5.67. The average molecular weight is 379 g/mol. The van der Waals surface area contributed by atoms with E-state index in [1.54, 1.807) is 7.11 Å². The Morgan fingerprint density at radius 3 is 2.82 bits per heavy atom. The summed E-state index contributed by atoms with van der Waals surface area (Å²) in [6.45, 7) is 2.68. The Balaban J connectivity index is 1.28. The van der Waals surface area contributed by atoms with Gasteiger partial charge in [0.05, 0.1) is 20.0 Å². The molecule has 0 aliphatic carbocycles. The zero-order valence-electron chi connectivity index (χ0n) is 16.0. The molecule has 1 aliphatic heterocycles. The van der Waals surface area contributed by atoms with Crippen LogP contribution in [0.1, 0.15) is 24.4 Å². The van der Waals surface area contributed by atoms with Gasteiger partial charge in [0, 0.05) is 37.4 Å². The van der Waals surface area contributed by atoms with Crippen molar-refractivity contribution >= 4 is 17.1 Å². The molecule has 0 bridgehead atoms. The molecule has 0 radical (unpaired) electrons. The number of methoxy groups -OCH3 is 1. The summed E-state index contributed by atoms with van der Waals surface area (Å²) in [6, 6.07) is 12.0. The molecular weight excluding hydrogens is 354 g/mol. The van der Waals surface area contributed by atoms with Crippen molar-refractivity contribution in [3.05, 3.63) is 54.5 Å². The van der Waals surface area contributed by atoms with E-state index in [1.165, 1.54) is 0 Å². The molecule has 7 heteroatoms. The number of pyridine rings is 1. The molecule has 2 aromatic heterocycles. The molecule has 3 aromatic rings. The fraction of sp³-hybridized carbons (Fsp3) is 0.381. The highest BCUT2D eigenvalue weighted by Crippen LogP contribution is 2.25. The lowest BCUT2D eigenvalue weighted by atomic mass is 10.0. The van der Waals surface area contributed by atoms with Gasteiger partial charge in [0.15, 0.2) is 5.65 Å². The number of carbonyl (C=O) groups is 1. The molecule has 28 heavy (non-hydrogen) atoms. The monoisotopic (exact) mass is 379 g/mol. The number of hydrogen-bond donors (Lipinski definition) is 1. The van der Waals surface area contributed by atoms with Crippen molar-refractivity contribution in [3.63, 3.8) is 0 Å². The van der Waals surface area contributed by atoms with Gasteiger partial charge in [0.25, 0.3) is 0 Å². The summed E-state index contributed by atoms with van der Waals surface area (Å²) < 4.78 is 7.51. The van der Waals surface area contributed by atoms with Crippen LogP contribution in [-0.4, -0.2) is 52.1 Å². The van der Waals surface area contributed by atoms with Crippen LogP contribution in [0.3, 0.4) is 0 Å². The zero-order valence-corrected chi connectivity index (χ0v) is 16.0.